The summed E-state index contributed by atoms with van der Waals surface area (Å²) in [6, 6.07) is 11.0. The Kier molecular flexibility index (Phi) is 5.64. The van der Waals surface area contributed by atoms with Gasteiger partial charge in [0, 0.05) is 24.1 Å². The molecule has 27 heavy (non-hydrogen) atoms. The predicted molar refractivity (Wildman–Crippen MR) is 104 cm³/mol. The quantitative estimate of drug-likeness (QED) is 0.681. The molecule has 0 aliphatic carbocycles. The molecule has 1 N–H and O–H groups in total. The van der Waals surface area contributed by atoms with Crippen molar-refractivity contribution in [3.8, 4) is 11.3 Å². The molecule has 0 radical (unpaired) electrons. The Morgan fingerprint density at radius 3 is 2.56 bits per heavy atom. The van der Waals surface area contributed by atoms with E-state index < -0.39 is 5.97 Å². The lowest BCUT2D eigenvalue weighted by Crippen LogP contribution is -2.07. The van der Waals surface area contributed by atoms with E-state index in [1.807, 2.05) is 28.9 Å². The molecule has 0 saturated heterocycles. The van der Waals surface area contributed by atoms with E-state index in [1.165, 1.54) is 0 Å². The standard InChI is InChI=1S/C21H24N4O2/c1-4-6-18-23-20(14(2)3)24-25(18)13-15-8-10-16(11-9-15)19-17(21(26)27)7-5-12-22-19/h5,7-12,14H,4,6,13H2,1-3H3,(H,26,27). The van der Waals surface area contributed by atoms with Gasteiger partial charge in [-0.25, -0.2) is 14.5 Å². The van der Waals surface area contributed by atoms with Gasteiger partial charge in [0.2, 0.25) is 0 Å². The van der Waals surface area contributed by atoms with Gasteiger partial charge < -0.3 is 5.11 Å². The summed E-state index contributed by atoms with van der Waals surface area (Å²) >= 11 is 0. The highest BCUT2D eigenvalue weighted by Crippen LogP contribution is 2.22. The first-order valence-electron chi connectivity index (χ1n) is 9.20. The Hall–Kier alpha value is -3.02. The smallest absolute Gasteiger partial charge is 0.337 e. The molecule has 0 atom stereocenters. The summed E-state index contributed by atoms with van der Waals surface area (Å²) in [6.45, 7) is 6.97. The molecule has 140 valence electrons. The Bertz CT molecular complexity index is 930. The van der Waals surface area contributed by atoms with Crippen LogP contribution < -0.4 is 0 Å². The lowest BCUT2D eigenvalue weighted by molar-refractivity contribution is 0.0697. The Labute approximate surface area is 158 Å². The van der Waals surface area contributed by atoms with Crippen molar-refractivity contribution < 1.29 is 9.90 Å². The molecule has 0 aliphatic rings. The van der Waals surface area contributed by atoms with Gasteiger partial charge in [-0.15, -0.1) is 0 Å². The highest BCUT2D eigenvalue weighted by atomic mass is 16.4. The molecule has 1 aromatic carbocycles. The Morgan fingerprint density at radius 2 is 1.93 bits per heavy atom. The summed E-state index contributed by atoms with van der Waals surface area (Å²) in [7, 11) is 0. The SMILES string of the molecule is CCCc1nc(C(C)C)nn1Cc1ccc(-c2ncccc2C(=O)O)cc1. The van der Waals surface area contributed by atoms with E-state index >= 15 is 0 Å². The maximum Gasteiger partial charge on any atom is 0.337 e. The summed E-state index contributed by atoms with van der Waals surface area (Å²) < 4.78 is 1.97. The summed E-state index contributed by atoms with van der Waals surface area (Å²) in [6.07, 6.45) is 3.52. The molecule has 0 aliphatic heterocycles. The fourth-order valence-electron chi connectivity index (χ4n) is 2.92. The number of pyridine rings is 1. The molecule has 0 fully saturated rings. The number of nitrogens with zero attached hydrogens (tertiary/aromatic N) is 4. The summed E-state index contributed by atoms with van der Waals surface area (Å²) in [5.74, 6) is 1.19. The van der Waals surface area contributed by atoms with E-state index in [9.17, 15) is 9.90 Å². The molecule has 0 saturated carbocycles. The topological polar surface area (TPSA) is 80.9 Å². The maximum atomic E-state index is 11.4. The Balaban J connectivity index is 1.86. The van der Waals surface area contributed by atoms with Crippen LogP contribution in [0, 0.1) is 0 Å². The fourth-order valence-corrected chi connectivity index (χ4v) is 2.92. The van der Waals surface area contributed by atoms with Crippen LogP contribution in [0.3, 0.4) is 0 Å². The molecule has 0 bridgehead atoms. The van der Waals surface area contributed by atoms with E-state index in [2.05, 4.69) is 35.8 Å². The number of rotatable bonds is 7. The number of carboxylic acids is 1. The molecule has 2 aromatic heterocycles. The third-order valence-electron chi connectivity index (χ3n) is 4.35. The zero-order chi connectivity index (χ0) is 19.4. The lowest BCUT2D eigenvalue weighted by atomic mass is 10.0. The van der Waals surface area contributed by atoms with E-state index in [0.29, 0.717) is 18.2 Å². The fraction of sp³-hybridized carbons (Fsp3) is 0.333. The van der Waals surface area contributed by atoms with Crippen molar-refractivity contribution in [2.45, 2.75) is 46.1 Å². The molecule has 6 heteroatoms. The van der Waals surface area contributed by atoms with Crippen molar-refractivity contribution in [2.75, 3.05) is 0 Å². The molecule has 6 nitrogen and oxygen atoms in total. The van der Waals surface area contributed by atoms with Gasteiger partial charge in [0.25, 0.3) is 0 Å². The zero-order valence-corrected chi connectivity index (χ0v) is 15.9. The van der Waals surface area contributed by atoms with Crippen molar-refractivity contribution in [3.05, 3.63) is 65.4 Å². The van der Waals surface area contributed by atoms with E-state index in [-0.39, 0.29) is 5.56 Å². The summed E-state index contributed by atoms with van der Waals surface area (Å²) in [4.78, 5) is 20.3. The molecule has 0 spiro atoms. The van der Waals surface area contributed by atoms with Crippen LogP contribution in [0.2, 0.25) is 0 Å². The Morgan fingerprint density at radius 1 is 1.19 bits per heavy atom. The number of hydrogen-bond donors (Lipinski definition) is 1. The molecule has 3 aromatic rings. The average molecular weight is 364 g/mol. The molecule has 0 amide bonds. The number of aromatic carboxylic acids is 1. The second kappa shape index (κ2) is 8.12. The van der Waals surface area contributed by atoms with Gasteiger partial charge in [-0.1, -0.05) is 45.0 Å². The van der Waals surface area contributed by atoms with Crippen LogP contribution in [-0.4, -0.2) is 30.8 Å². The van der Waals surface area contributed by atoms with Gasteiger partial charge in [0.15, 0.2) is 5.82 Å². The van der Waals surface area contributed by atoms with Crippen molar-refractivity contribution in [1.82, 2.24) is 19.7 Å². The molecular formula is C21H24N4O2. The molecule has 0 unspecified atom stereocenters. The van der Waals surface area contributed by atoms with Gasteiger partial charge in [0.1, 0.15) is 5.82 Å². The van der Waals surface area contributed by atoms with Crippen LogP contribution in [0.1, 0.15) is 60.7 Å². The van der Waals surface area contributed by atoms with Crippen molar-refractivity contribution in [2.24, 2.45) is 0 Å². The van der Waals surface area contributed by atoms with Crippen LogP contribution in [0.4, 0.5) is 0 Å². The number of aromatic nitrogens is 4. The van der Waals surface area contributed by atoms with Gasteiger partial charge in [-0.3, -0.25) is 4.98 Å². The predicted octanol–water partition coefficient (Wildman–Crippen LogP) is 4.16. The summed E-state index contributed by atoms with van der Waals surface area (Å²) in [5.41, 5.74) is 2.55. The number of aryl methyl sites for hydroxylation is 1. The van der Waals surface area contributed by atoms with Gasteiger partial charge in [-0.05, 0) is 24.1 Å². The van der Waals surface area contributed by atoms with Crippen molar-refractivity contribution in [3.63, 3.8) is 0 Å². The minimum absolute atomic E-state index is 0.202. The second-order valence-corrected chi connectivity index (χ2v) is 6.85. The van der Waals surface area contributed by atoms with Crippen molar-refractivity contribution >= 4 is 5.97 Å². The normalized spacial score (nSPS) is 11.1. The molecule has 3 rings (SSSR count). The molecular weight excluding hydrogens is 340 g/mol. The van der Waals surface area contributed by atoms with E-state index in [0.717, 1.165) is 35.6 Å². The average Bonchev–Trinajstić information content (AvgIpc) is 3.05. The zero-order valence-electron chi connectivity index (χ0n) is 15.9. The van der Waals surface area contributed by atoms with Crippen molar-refractivity contribution in [1.29, 1.82) is 0 Å². The second-order valence-electron chi connectivity index (χ2n) is 6.85. The number of carboxylic acid groups (broad SMARTS) is 1. The monoisotopic (exact) mass is 364 g/mol. The first-order chi connectivity index (χ1) is 13.0. The minimum Gasteiger partial charge on any atom is -0.478 e. The van der Waals surface area contributed by atoms with Crippen LogP contribution >= 0.6 is 0 Å². The van der Waals surface area contributed by atoms with Crippen LogP contribution in [0.25, 0.3) is 11.3 Å². The number of benzene rings is 1. The largest absolute Gasteiger partial charge is 0.478 e. The van der Waals surface area contributed by atoms with Crippen LogP contribution in [-0.2, 0) is 13.0 Å². The highest BCUT2D eigenvalue weighted by molar-refractivity contribution is 5.94. The third-order valence-corrected chi connectivity index (χ3v) is 4.35. The first-order valence-corrected chi connectivity index (χ1v) is 9.20. The van der Waals surface area contributed by atoms with Gasteiger partial charge >= 0.3 is 5.97 Å². The number of carbonyl (C=O) groups is 1. The summed E-state index contributed by atoms with van der Waals surface area (Å²) in [5, 5.41) is 14.0. The maximum absolute atomic E-state index is 11.4. The molecule has 2 heterocycles. The third kappa shape index (κ3) is 4.22. The van der Waals surface area contributed by atoms with E-state index in [1.54, 1.807) is 18.3 Å². The lowest BCUT2D eigenvalue weighted by Gasteiger charge is -2.08. The first kappa shape index (κ1) is 18.8. The van der Waals surface area contributed by atoms with Crippen LogP contribution in [0.5, 0.6) is 0 Å². The highest BCUT2D eigenvalue weighted by Gasteiger charge is 2.14. The minimum atomic E-state index is -0.977. The van der Waals surface area contributed by atoms with Gasteiger partial charge in [0.05, 0.1) is 17.8 Å². The number of hydrogen-bond acceptors (Lipinski definition) is 4. The van der Waals surface area contributed by atoms with Gasteiger partial charge in [-0.2, -0.15) is 5.10 Å². The van der Waals surface area contributed by atoms with E-state index in [4.69, 9.17) is 0 Å². The van der Waals surface area contributed by atoms with Crippen LogP contribution in [0.15, 0.2) is 42.6 Å².